The molecule has 4 unspecified atom stereocenters. The lowest BCUT2D eigenvalue weighted by atomic mass is 9.85. The van der Waals surface area contributed by atoms with Crippen molar-refractivity contribution in [2.24, 2.45) is 11.8 Å². The molecule has 1 aliphatic heterocycles. The maximum atomic E-state index is 14.5. The number of hydrogen-bond donors (Lipinski definition) is 1. The normalized spacial score (nSPS) is 28.5. The predicted octanol–water partition coefficient (Wildman–Crippen LogP) is 3.98. The number of piperidine rings is 1. The van der Waals surface area contributed by atoms with Gasteiger partial charge in [-0.05, 0) is 56.8 Å². The molecular weight excluding hydrogens is 251 g/mol. The lowest BCUT2D eigenvalue weighted by Gasteiger charge is -2.42. The van der Waals surface area contributed by atoms with E-state index >= 15 is 0 Å². The van der Waals surface area contributed by atoms with Crippen molar-refractivity contribution in [2.45, 2.75) is 46.2 Å². The second-order valence-electron chi connectivity index (χ2n) is 6.43. The number of hydrogen-bond acceptors (Lipinski definition) is 2. The van der Waals surface area contributed by atoms with Crippen LogP contribution in [0, 0.1) is 17.7 Å². The Balaban J connectivity index is 2.28. The smallest absolute Gasteiger partial charge is 0.146 e. The molecule has 2 nitrogen and oxygen atoms in total. The first kappa shape index (κ1) is 15.3. The van der Waals surface area contributed by atoms with Crippen molar-refractivity contribution >= 4 is 5.69 Å². The molecular formula is C17H27FN2. The summed E-state index contributed by atoms with van der Waals surface area (Å²) in [7, 11) is 1.90. The maximum Gasteiger partial charge on any atom is 0.146 e. The van der Waals surface area contributed by atoms with Gasteiger partial charge >= 0.3 is 0 Å². The Bertz CT molecular complexity index is 460. The van der Waals surface area contributed by atoms with Crippen LogP contribution in [0.3, 0.4) is 0 Å². The van der Waals surface area contributed by atoms with Crippen LogP contribution in [-0.4, -0.2) is 19.6 Å². The van der Waals surface area contributed by atoms with E-state index in [-0.39, 0.29) is 11.9 Å². The van der Waals surface area contributed by atoms with Crippen LogP contribution in [0.1, 0.15) is 45.7 Å². The Morgan fingerprint density at radius 2 is 2.00 bits per heavy atom. The highest BCUT2D eigenvalue weighted by atomic mass is 19.1. The van der Waals surface area contributed by atoms with E-state index in [0.29, 0.717) is 17.9 Å². The minimum Gasteiger partial charge on any atom is -0.366 e. The molecule has 0 bridgehead atoms. The summed E-state index contributed by atoms with van der Waals surface area (Å²) in [6.45, 7) is 9.72. The molecule has 1 aliphatic rings. The van der Waals surface area contributed by atoms with Gasteiger partial charge in [0.05, 0.1) is 5.69 Å². The molecule has 0 radical (unpaired) electrons. The van der Waals surface area contributed by atoms with Crippen LogP contribution in [0.2, 0.25) is 0 Å². The summed E-state index contributed by atoms with van der Waals surface area (Å²) in [6, 6.07) is 6.23. The van der Waals surface area contributed by atoms with Gasteiger partial charge in [0.2, 0.25) is 0 Å². The Kier molecular flexibility index (Phi) is 4.69. The summed E-state index contributed by atoms with van der Waals surface area (Å²) in [5, 5.41) is 3.15. The van der Waals surface area contributed by atoms with Crippen molar-refractivity contribution in [1.82, 2.24) is 5.32 Å². The first-order chi connectivity index (χ1) is 9.43. The highest BCUT2D eigenvalue weighted by Crippen LogP contribution is 2.33. The highest BCUT2D eigenvalue weighted by molar-refractivity contribution is 5.51. The summed E-state index contributed by atoms with van der Waals surface area (Å²) in [5.41, 5.74) is 1.75. The molecule has 1 fully saturated rings. The van der Waals surface area contributed by atoms with Crippen molar-refractivity contribution in [2.75, 3.05) is 18.5 Å². The van der Waals surface area contributed by atoms with E-state index in [2.05, 4.69) is 31.0 Å². The molecule has 1 aromatic rings. The zero-order valence-corrected chi connectivity index (χ0v) is 13.3. The lowest BCUT2D eigenvalue weighted by Crippen LogP contribution is -2.46. The Morgan fingerprint density at radius 3 is 2.60 bits per heavy atom. The molecule has 0 aromatic heterocycles. The third kappa shape index (κ3) is 2.98. The maximum absolute atomic E-state index is 14.5. The van der Waals surface area contributed by atoms with Gasteiger partial charge in [-0.15, -0.1) is 0 Å². The van der Waals surface area contributed by atoms with E-state index in [0.717, 1.165) is 17.8 Å². The van der Waals surface area contributed by atoms with Gasteiger partial charge in [-0.2, -0.15) is 0 Å². The fourth-order valence-electron chi connectivity index (χ4n) is 3.23. The quantitative estimate of drug-likeness (QED) is 0.899. The van der Waals surface area contributed by atoms with Crippen molar-refractivity contribution < 1.29 is 4.39 Å². The molecule has 0 aliphatic carbocycles. The van der Waals surface area contributed by atoms with E-state index in [1.54, 1.807) is 6.07 Å². The van der Waals surface area contributed by atoms with Crippen LogP contribution in [0.15, 0.2) is 18.2 Å². The van der Waals surface area contributed by atoms with E-state index in [1.165, 1.54) is 6.42 Å². The summed E-state index contributed by atoms with van der Waals surface area (Å²) < 4.78 is 14.5. The number of nitrogens with one attached hydrogen (secondary N) is 1. The van der Waals surface area contributed by atoms with Crippen LogP contribution >= 0.6 is 0 Å². The molecule has 0 saturated carbocycles. The topological polar surface area (TPSA) is 15.3 Å². The summed E-state index contributed by atoms with van der Waals surface area (Å²) in [4.78, 5) is 2.24. The number of halogens is 1. The molecule has 2 rings (SSSR count). The second kappa shape index (κ2) is 6.13. The molecule has 4 atom stereocenters. The SMILES string of the molecule is CNC(C)c1ccc(N2CC(C)CC(C)C2C)c(F)c1. The molecule has 1 aromatic carbocycles. The van der Waals surface area contributed by atoms with Crippen molar-refractivity contribution in [3.05, 3.63) is 29.6 Å². The molecule has 20 heavy (non-hydrogen) atoms. The van der Waals surface area contributed by atoms with Crippen LogP contribution in [-0.2, 0) is 0 Å². The Hall–Kier alpha value is -1.09. The Morgan fingerprint density at radius 1 is 1.30 bits per heavy atom. The molecule has 3 heteroatoms. The van der Waals surface area contributed by atoms with Gasteiger partial charge in [0.1, 0.15) is 5.82 Å². The Labute approximate surface area is 122 Å². The van der Waals surface area contributed by atoms with Crippen LogP contribution in [0.4, 0.5) is 10.1 Å². The number of nitrogens with zero attached hydrogens (tertiary/aromatic N) is 1. The zero-order chi connectivity index (χ0) is 14.9. The first-order valence-corrected chi connectivity index (χ1v) is 7.67. The fourth-order valence-corrected chi connectivity index (χ4v) is 3.23. The standard InChI is InChI=1S/C17H27FN2/c1-11-8-12(2)14(4)20(10-11)17-7-6-15(9-16(17)18)13(3)19-5/h6-7,9,11-14,19H,8,10H2,1-5H3. The van der Waals surface area contributed by atoms with Crippen molar-refractivity contribution in [3.8, 4) is 0 Å². The number of anilines is 1. The fraction of sp³-hybridized carbons (Fsp3) is 0.647. The van der Waals surface area contributed by atoms with Gasteiger partial charge in [-0.3, -0.25) is 0 Å². The van der Waals surface area contributed by atoms with E-state index in [4.69, 9.17) is 0 Å². The average Bonchev–Trinajstić information content (AvgIpc) is 2.42. The monoisotopic (exact) mass is 278 g/mol. The molecule has 0 amide bonds. The van der Waals surface area contributed by atoms with Gasteiger partial charge in [0, 0.05) is 18.6 Å². The largest absolute Gasteiger partial charge is 0.366 e. The van der Waals surface area contributed by atoms with Crippen LogP contribution in [0.25, 0.3) is 0 Å². The van der Waals surface area contributed by atoms with Crippen LogP contribution < -0.4 is 10.2 Å². The number of rotatable bonds is 3. The minimum atomic E-state index is -0.0993. The van der Waals surface area contributed by atoms with E-state index in [1.807, 2.05) is 26.1 Å². The van der Waals surface area contributed by atoms with Gasteiger partial charge in [0.25, 0.3) is 0 Å². The minimum absolute atomic E-state index is 0.0993. The van der Waals surface area contributed by atoms with Crippen molar-refractivity contribution in [3.63, 3.8) is 0 Å². The van der Waals surface area contributed by atoms with Gasteiger partial charge < -0.3 is 10.2 Å². The van der Waals surface area contributed by atoms with E-state index < -0.39 is 0 Å². The predicted molar refractivity (Wildman–Crippen MR) is 83.6 cm³/mol. The lowest BCUT2D eigenvalue weighted by molar-refractivity contribution is 0.295. The summed E-state index contributed by atoms with van der Waals surface area (Å²) in [6.07, 6.45) is 1.23. The van der Waals surface area contributed by atoms with Gasteiger partial charge in [-0.1, -0.05) is 19.9 Å². The summed E-state index contributed by atoms with van der Waals surface area (Å²) in [5.74, 6) is 1.13. The molecule has 0 spiro atoms. The highest BCUT2D eigenvalue weighted by Gasteiger charge is 2.30. The average molecular weight is 278 g/mol. The van der Waals surface area contributed by atoms with Gasteiger partial charge in [-0.25, -0.2) is 4.39 Å². The first-order valence-electron chi connectivity index (χ1n) is 7.67. The van der Waals surface area contributed by atoms with E-state index in [9.17, 15) is 4.39 Å². The zero-order valence-electron chi connectivity index (χ0n) is 13.3. The number of benzene rings is 1. The second-order valence-corrected chi connectivity index (χ2v) is 6.43. The van der Waals surface area contributed by atoms with Crippen molar-refractivity contribution in [1.29, 1.82) is 0 Å². The summed E-state index contributed by atoms with van der Waals surface area (Å²) >= 11 is 0. The molecule has 1 saturated heterocycles. The molecule has 1 N–H and O–H groups in total. The third-order valence-corrected chi connectivity index (χ3v) is 4.81. The molecule has 1 heterocycles. The molecule has 112 valence electrons. The van der Waals surface area contributed by atoms with Gasteiger partial charge in [0.15, 0.2) is 0 Å². The third-order valence-electron chi connectivity index (χ3n) is 4.81. The van der Waals surface area contributed by atoms with Crippen LogP contribution in [0.5, 0.6) is 0 Å².